The highest BCUT2D eigenvalue weighted by atomic mass is 19.1. The highest BCUT2D eigenvalue weighted by Gasteiger charge is 2.48. The largest absolute Gasteiger partial charge is 0.487 e. The highest BCUT2D eigenvalue weighted by molar-refractivity contribution is 5.96. The number of rotatable bonds is 6. The number of hydrogen-bond donors (Lipinski definition) is 0. The fraction of sp³-hybridized carbons (Fsp3) is 0.308. The average Bonchev–Trinajstić information content (AvgIpc) is 3.33. The maximum Gasteiger partial charge on any atom is 0.276 e. The molecule has 1 aromatic heterocycles. The Labute approximate surface area is 195 Å². The minimum atomic E-state index is -0.468. The smallest absolute Gasteiger partial charge is 0.276 e. The van der Waals surface area contributed by atoms with Crippen LogP contribution in [0.2, 0.25) is 0 Å². The van der Waals surface area contributed by atoms with Crippen molar-refractivity contribution in [1.29, 1.82) is 0 Å². The topological polar surface area (TPSA) is 64.4 Å². The molecule has 0 unspecified atom stereocenters. The van der Waals surface area contributed by atoms with E-state index in [1.54, 1.807) is 33.8 Å². The molecule has 3 heterocycles. The van der Waals surface area contributed by atoms with Crippen molar-refractivity contribution in [2.45, 2.75) is 37.3 Å². The van der Waals surface area contributed by atoms with Crippen molar-refractivity contribution >= 4 is 5.91 Å². The lowest BCUT2D eigenvalue weighted by atomic mass is 9.80. The van der Waals surface area contributed by atoms with Crippen molar-refractivity contribution in [2.75, 3.05) is 13.2 Å². The van der Waals surface area contributed by atoms with Crippen molar-refractivity contribution in [3.63, 3.8) is 0 Å². The molecule has 1 fully saturated rings. The van der Waals surface area contributed by atoms with Gasteiger partial charge in [0.15, 0.2) is 11.4 Å². The fourth-order valence-corrected chi connectivity index (χ4v) is 5.18. The molecule has 8 heteroatoms. The number of nitrogens with zero attached hydrogens (tertiary/aromatic N) is 3. The van der Waals surface area contributed by atoms with Crippen molar-refractivity contribution in [2.24, 2.45) is 0 Å². The number of carbonyl (C=O) groups excluding carboxylic acids is 1. The van der Waals surface area contributed by atoms with Gasteiger partial charge in [0.2, 0.25) is 5.43 Å². The summed E-state index contributed by atoms with van der Waals surface area (Å²) in [4.78, 5) is 27.9. The predicted octanol–water partition coefficient (Wildman–Crippen LogP) is 4.12. The van der Waals surface area contributed by atoms with Gasteiger partial charge in [0.1, 0.15) is 11.6 Å². The maximum atomic E-state index is 13.8. The molecule has 0 aliphatic carbocycles. The standard InChI is InChI=1S/C26H24F2N3O3/c1-2-14-34-25-21(32)15-29-31-23(20-4-3-13-30(20)26(33)24(25)31)22(16-5-9-18(27)10-6-16)17-7-11-19(28)12-8-17/h5-12,15,20,22-23H,1-4,13-14H2/t20-,23-/m1/s1. The maximum absolute atomic E-state index is 13.8. The zero-order chi connectivity index (χ0) is 23.8. The Morgan fingerprint density at radius 3 is 2.24 bits per heavy atom. The average molecular weight is 464 g/mol. The number of fused-ring (bicyclic) bond motifs is 2. The number of ether oxygens (including phenoxy) is 1. The second-order valence-corrected chi connectivity index (χ2v) is 8.61. The Balaban J connectivity index is 1.74. The van der Waals surface area contributed by atoms with Gasteiger partial charge in [0.25, 0.3) is 5.91 Å². The summed E-state index contributed by atoms with van der Waals surface area (Å²) in [5.41, 5.74) is 1.24. The van der Waals surface area contributed by atoms with Crippen LogP contribution >= 0.6 is 0 Å². The first-order valence-electron chi connectivity index (χ1n) is 11.4. The lowest BCUT2D eigenvalue weighted by Gasteiger charge is -2.42. The molecule has 2 aliphatic rings. The lowest BCUT2D eigenvalue weighted by Crippen LogP contribution is -2.51. The van der Waals surface area contributed by atoms with Crippen molar-refractivity contribution in [1.82, 2.24) is 14.7 Å². The molecule has 6 nitrogen and oxygen atoms in total. The van der Waals surface area contributed by atoms with Crippen LogP contribution in [0.3, 0.4) is 0 Å². The molecule has 0 N–H and O–H groups in total. The molecule has 1 amide bonds. The number of carbonyl (C=O) groups is 1. The molecule has 1 radical (unpaired) electrons. The van der Waals surface area contributed by atoms with Gasteiger partial charge in [0, 0.05) is 12.5 Å². The van der Waals surface area contributed by atoms with Crippen molar-refractivity contribution in [3.8, 4) is 5.75 Å². The van der Waals surface area contributed by atoms with E-state index in [4.69, 9.17) is 4.74 Å². The summed E-state index contributed by atoms with van der Waals surface area (Å²) in [7, 11) is 0. The molecule has 2 aromatic carbocycles. The summed E-state index contributed by atoms with van der Waals surface area (Å²) in [6.45, 7) is 4.49. The van der Waals surface area contributed by atoms with Crippen molar-refractivity contribution < 1.29 is 18.3 Å². The quantitative estimate of drug-likeness (QED) is 0.551. The van der Waals surface area contributed by atoms with E-state index in [-0.39, 0.29) is 47.6 Å². The van der Waals surface area contributed by atoms with Crippen LogP contribution in [0.4, 0.5) is 8.78 Å². The van der Waals surface area contributed by atoms with Gasteiger partial charge in [-0.25, -0.2) is 8.78 Å². The van der Waals surface area contributed by atoms with Gasteiger partial charge < -0.3 is 9.64 Å². The molecule has 0 saturated carbocycles. The Hall–Kier alpha value is -3.55. The first-order valence-corrected chi connectivity index (χ1v) is 11.4. The van der Waals surface area contributed by atoms with Gasteiger partial charge in [-0.3, -0.25) is 14.3 Å². The number of halogens is 2. The Morgan fingerprint density at radius 1 is 1.03 bits per heavy atom. The molecule has 2 atom stereocenters. The Kier molecular flexibility index (Phi) is 5.89. The molecule has 175 valence electrons. The highest BCUT2D eigenvalue weighted by Crippen LogP contribution is 2.45. The van der Waals surface area contributed by atoms with E-state index in [0.717, 1.165) is 24.0 Å². The Morgan fingerprint density at radius 2 is 1.65 bits per heavy atom. The van der Waals surface area contributed by atoms with Gasteiger partial charge in [-0.2, -0.15) is 5.10 Å². The van der Waals surface area contributed by atoms with Crippen LogP contribution in [-0.2, 0) is 0 Å². The third-order valence-corrected chi connectivity index (χ3v) is 6.60. The molecular formula is C26H24F2N3O3. The van der Waals surface area contributed by atoms with Gasteiger partial charge in [-0.15, -0.1) is 0 Å². The molecule has 3 aromatic rings. The summed E-state index contributed by atoms with van der Waals surface area (Å²) in [5, 5.41) is 4.40. The van der Waals surface area contributed by atoms with E-state index in [2.05, 4.69) is 12.0 Å². The van der Waals surface area contributed by atoms with Crippen LogP contribution < -0.4 is 10.2 Å². The summed E-state index contributed by atoms with van der Waals surface area (Å²) in [5.74, 6) is -1.44. The molecular weight excluding hydrogens is 440 g/mol. The summed E-state index contributed by atoms with van der Waals surface area (Å²) in [6.07, 6.45) is 3.15. The third-order valence-electron chi connectivity index (χ3n) is 6.60. The minimum absolute atomic E-state index is 0.0315. The summed E-state index contributed by atoms with van der Waals surface area (Å²) >= 11 is 0. The third kappa shape index (κ3) is 3.77. The molecule has 2 aliphatic heterocycles. The van der Waals surface area contributed by atoms with Crippen molar-refractivity contribution in [3.05, 3.63) is 100 Å². The van der Waals surface area contributed by atoms with Gasteiger partial charge in [-0.1, -0.05) is 24.3 Å². The van der Waals surface area contributed by atoms with E-state index in [9.17, 15) is 18.4 Å². The second kappa shape index (κ2) is 9.00. The molecule has 0 spiro atoms. The Bertz CT molecular complexity index is 1210. The van der Waals surface area contributed by atoms with Crippen LogP contribution in [0.15, 0.2) is 59.5 Å². The molecule has 0 bridgehead atoms. The first kappa shape index (κ1) is 22.3. The van der Waals surface area contributed by atoms with Crippen LogP contribution in [0.1, 0.15) is 52.8 Å². The van der Waals surface area contributed by atoms with E-state index < -0.39 is 11.5 Å². The normalized spacial score (nSPS) is 19.3. The summed E-state index contributed by atoms with van der Waals surface area (Å²) < 4.78 is 34.9. The predicted molar refractivity (Wildman–Crippen MR) is 122 cm³/mol. The van der Waals surface area contributed by atoms with Gasteiger partial charge in [-0.05, 0) is 61.6 Å². The van der Waals surface area contributed by atoms with Crippen LogP contribution in [0.25, 0.3) is 0 Å². The molecule has 5 rings (SSSR count). The minimum Gasteiger partial charge on any atom is -0.487 e. The monoisotopic (exact) mass is 464 g/mol. The van der Waals surface area contributed by atoms with Gasteiger partial charge in [0.05, 0.1) is 24.9 Å². The lowest BCUT2D eigenvalue weighted by molar-refractivity contribution is 0.0562. The zero-order valence-corrected chi connectivity index (χ0v) is 18.5. The number of hydrogen-bond acceptors (Lipinski definition) is 4. The zero-order valence-electron chi connectivity index (χ0n) is 18.5. The van der Waals surface area contributed by atoms with E-state index in [1.807, 2.05) is 0 Å². The first-order chi connectivity index (χ1) is 16.5. The van der Waals surface area contributed by atoms with E-state index in [0.29, 0.717) is 13.0 Å². The number of amides is 1. The van der Waals surface area contributed by atoms with E-state index in [1.165, 1.54) is 30.5 Å². The fourth-order valence-electron chi connectivity index (χ4n) is 5.18. The summed E-state index contributed by atoms with van der Waals surface area (Å²) in [6, 6.07) is 11.7. The molecule has 34 heavy (non-hydrogen) atoms. The van der Waals surface area contributed by atoms with Crippen LogP contribution in [-0.4, -0.2) is 39.8 Å². The van der Waals surface area contributed by atoms with Gasteiger partial charge >= 0.3 is 0 Å². The van der Waals surface area contributed by atoms with E-state index >= 15 is 0 Å². The number of aromatic nitrogens is 2. The van der Waals surface area contributed by atoms with Crippen LogP contribution in [0.5, 0.6) is 5.75 Å². The second-order valence-electron chi connectivity index (χ2n) is 8.61. The molecule has 1 saturated heterocycles. The number of benzene rings is 2. The SMILES string of the molecule is [CH2]CCOc1c2n(ncc1=O)[C@@H](C(c1ccc(F)cc1)c1ccc(F)cc1)[C@H]1CCCN1C2=O. The van der Waals surface area contributed by atoms with Crippen LogP contribution in [0, 0.1) is 18.6 Å².